The van der Waals surface area contributed by atoms with E-state index in [9.17, 15) is 5.11 Å². The SMILES string of the molecule is CN(c1cccc(N2[C@@H]3CC[C@H]2CN(c2cc(-c4ccccc4O)nnc2N)C3)c1)C1CCNCC1. The number of aromatic nitrogens is 2. The maximum absolute atomic E-state index is 10.3. The third-order valence-electron chi connectivity index (χ3n) is 8.20. The molecule has 6 rings (SSSR count). The Morgan fingerprint density at radius 1 is 0.944 bits per heavy atom. The smallest absolute Gasteiger partial charge is 0.169 e. The molecule has 0 aliphatic carbocycles. The van der Waals surface area contributed by atoms with Gasteiger partial charge in [-0.05, 0) is 75.2 Å². The number of piperidine rings is 1. The molecule has 0 radical (unpaired) electrons. The number of hydrogen-bond donors (Lipinski definition) is 3. The lowest BCUT2D eigenvalue weighted by Gasteiger charge is -2.44. The van der Waals surface area contributed by atoms with E-state index in [4.69, 9.17) is 5.73 Å². The number of benzene rings is 2. The van der Waals surface area contributed by atoms with E-state index in [0.717, 1.165) is 31.9 Å². The van der Waals surface area contributed by atoms with E-state index in [0.29, 0.717) is 35.2 Å². The molecular weight excluding hydrogens is 450 g/mol. The average Bonchev–Trinajstić information content (AvgIpc) is 3.18. The summed E-state index contributed by atoms with van der Waals surface area (Å²) in [4.78, 5) is 7.45. The molecule has 36 heavy (non-hydrogen) atoms. The van der Waals surface area contributed by atoms with Crippen molar-refractivity contribution in [3.05, 3.63) is 54.6 Å². The minimum absolute atomic E-state index is 0.196. The number of phenols is 1. The number of rotatable bonds is 5. The van der Waals surface area contributed by atoms with E-state index in [1.165, 1.54) is 37.1 Å². The van der Waals surface area contributed by atoms with Gasteiger partial charge >= 0.3 is 0 Å². The van der Waals surface area contributed by atoms with Crippen LogP contribution in [0, 0.1) is 0 Å². The Labute approximate surface area is 212 Å². The molecule has 2 atom stereocenters. The first-order chi connectivity index (χ1) is 17.6. The summed E-state index contributed by atoms with van der Waals surface area (Å²) in [6.07, 6.45) is 4.71. The van der Waals surface area contributed by atoms with Gasteiger partial charge in [0.15, 0.2) is 5.82 Å². The number of fused-ring (bicyclic) bond motifs is 2. The summed E-state index contributed by atoms with van der Waals surface area (Å²) < 4.78 is 0. The maximum atomic E-state index is 10.3. The van der Waals surface area contributed by atoms with Crippen molar-refractivity contribution in [3.63, 3.8) is 0 Å². The maximum Gasteiger partial charge on any atom is 0.169 e. The molecule has 0 spiro atoms. The van der Waals surface area contributed by atoms with Crippen LogP contribution in [0.4, 0.5) is 22.9 Å². The summed E-state index contributed by atoms with van der Waals surface area (Å²) in [7, 11) is 2.24. The van der Waals surface area contributed by atoms with Crippen molar-refractivity contribution >= 4 is 22.9 Å². The molecule has 8 heteroatoms. The number of hydrogen-bond acceptors (Lipinski definition) is 8. The third kappa shape index (κ3) is 4.19. The second-order valence-corrected chi connectivity index (χ2v) is 10.3. The Balaban J connectivity index is 1.23. The fourth-order valence-electron chi connectivity index (χ4n) is 6.27. The number of para-hydroxylation sites is 1. The van der Waals surface area contributed by atoms with E-state index in [1.54, 1.807) is 12.1 Å². The number of anilines is 4. The number of nitrogens with zero attached hydrogens (tertiary/aromatic N) is 5. The summed E-state index contributed by atoms with van der Waals surface area (Å²) >= 11 is 0. The molecule has 4 N–H and O–H groups in total. The van der Waals surface area contributed by atoms with Gasteiger partial charge in [0.05, 0.1) is 11.4 Å². The van der Waals surface area contributed by atoms with Crippen LogP contribution < -0.4 is 25.8 Å². The molecule has 0 unspecified atom stereocenters. The second-order valence-electron chi connectivity index (χ2n) is 10.3. The first kappa shape index (κ1) is 22.9. The molecule has 2 bridgehead atoms. The standard InChI is InChI=1S/C28H35N7O/c1-33(19-11-13-30-14-12-19)20-5-4-6-21(15-20)35-22-9-10-23(35)18-34(17-22)26-16-25(31-32-28(26)29)24-7-2-3-8-27(24)36/h2-8,15-16,19,22-23,30,36H,9-14,17-18H2,1H3,(H2,29,32)/t22-,23+. The molecule has 0 saturated carbocycles. The lowest BCUT2D eigenvalue weighted by molar-refractivity contribution is 0.443. The molecule has 3 aromatic rings. The van der Waals surface area contributed by atoms with Crippen LogP contribution in [0.1, 0.15) is 25.7 Å². The van der Waals surface area contributed by atoms with Gasteiger partial charge in [-0.1, -0.05) is 18.2 Å². The van der Waals surface area contributed by atoms with E-state index >= 15 is 0 Å². The van der Waals surface area contributed by atoms with Crippen molar-refractivity contribution in [2.75, 3.05) is 53.7 Å². The van der Waals surface area contributed by atoms with Crippen LogP contribution in [0.2, 0.25) is 0 Å². The van der Waals surface area contributed by atoms with Crippen LogP contribution in [0.15, 0.2) is 54.6 Å². The molecule has 0 amide bonds. The Bertz CT molecular complexity index is 1210. The highest BCUT2D eigenvalue weighted by Gasteiger charge is 2.41. The molecule has 4 heterocycles. The zero-order chi connectivity index (χ0) is 24.6. The molecule has 2 aromatic carbocycles. The lowest BCUT2D eigenvalue weighted by Crippen LogP contribution is -2.54. The number of nitrogens with one attached hydrogen (secondary N) is 1. The fraction of sp³-hybridized carbons (Fsp3) is 0.429. The quantitative estimate of drug-likeness (QED) is 0.506. The van der Waals surface area contributed by atoms with Crippen molar-refractivity contribution in [1.82, 2.24) is 15.5 Å². The highest BCUT2D eigenvalue weighted by atomic mass is 16.3. The fourth-order valence-corrected chi connectivity index (χ4v) is 6.27. The van der Waals surface area contributed by atoms with Crippen LogP contribution in [-0.2, 0) is 0 Å². The molecular formula is C28H35N7O. The first-order valence-electron chi connectivity index (χ1n) is 13.1. The molecule has 3 aliphatic heterocycles. The minimum atomic E-state index is 0.196. The number of nitrogens with two attached hydrogens (primary N) is 1. The molecule has 3 saturated heterocycles. The van der Waals surface area contributed by atoms with Crippen LogP contribution in [0.5, 0.6) is 5.75 Å². The molecule has 3 aliphatic rings. The molecule has 8 nitrogen and oxygen atoms in total. The molecule has 3 fully saturated rings. The van der Waals surface area contributed by atoms with Gasteiger partial charge in [-0.2, -0.15) is 0 Å². The lowest BCUT2D eigenvalue weighted by atomic mass is 10.0. The van der Waals surface area contributed by atoms with Crippen LogP contribution in [-0.4, -0.2) is 66.7 Å². The number of nitrogen functional groups attached to an aromatic ring is 1. The van der Waals surface area contributed by atoms with E-state index < -0.39 is 0 Å². The van der Waals surface area contributed by atoms with Crippen LogP contribution >= 0.6 is 0 Å². The van der Waals surface area contributed by atoms with Crippen molar-refractivity contribution in [2.45, 2.75) is 43.8 Å². The van der Waals surface area contributed by atoms with Gasteiger partial charge in [-0.25, -0.2) is 0 Å². The molecule has 188 valence electrons. The van der Waals surface area contributed by atoms with Crippen molar-refractivity contribution in [1.29, 1.82) is 0 Å². The second kappa shape index (κ2) is 9.50. The van der Waals surface area contributed by atoms with Crippen molar-refractivity contribution in [3.8, 4) is 17.0 Å². The number of phenolic OH excluding ortho intramolecular Hbond substituents is 1. The zero-order valence-corrected chi connectivity index (χ0v) is 20.8. The van der Waals surface area contributed by atoms with Gasteiger partial charge in [0.2, 0.25) is 0 Å². The summed E-state index contributed by atoms with van der Waals surface area (Å²) in [6, 6.07) is 19.7. The van der Waals surface area contributed by atoms with Gasteiger partial charge in [0.25, 0.3) is 0 Å². The molecule has 1 aromatic heterocycles. The predicted octanol–water partition coefficient (Wildman–Crippen LogP) is 3.48. The van der Waals surface area contributed by atoms with Crippen LogP contribution in [0.3, 0.4) is 0 Å². The summed E-state index contributed by atoms with van der Waals surface area (Å²) in [5.41, 5.74) is 11.1. The van der Waals surface area contributed by atoms with E-state index in [2.05, 4.69) is 61.5 Å². The summed E-state index contributed by atoms with van der Waals surface area (Å²) in [5.74, 6) is 0.634. The van der Waals surface area contributed by atoms with Gasteiger partial charge in [-0.15, -0.1) is 10.2 Å². The minimum Gasteiger partial charge on any atom is -0.507 e. The Hall–Kier alpha value is -3.52. The van der Waals surface area contributed by atoms with Gasteiger partial charge in [-0.3, -0.25) is 0 Å². The highest BCUT2D eigenvalue weighted by Crippen LogP contribution is 2.40. The summed E-state index contributed by atoms with van der Waals surface area (Å²) in [5, 5.41) is 22.3. The van der Waals surface area contributed by atoms with E-state index in [-0.39, 0.29) is 5.75 Å². The number of aromatic hydroxyl groups is 1. The zero-order valence-electron chi connectivity index (χ0n) is 20.8. The van der Waals surface area contributed by atoms with Gasteiger partial charge in [0, 0.05) is 55.2 Å². The normalized spacial score (nSPS) is 22.1. The van der Waals surface area contributed by atoms with Crippen LogP contribution in [0.25, 0.3) is 11.3 Å². The Morgan fingerprint density at radius 3 is 2.44 bits per heavy atom. The van der Waals surface area contributed by atoms with Gasteiger partial charge < -0.3 is 30.9 Å². The first-order valence-corrected chi connectivity index (χ1v) is 13.1. The van der Waals surface area contributed by atoms with Crippen molar-refractivity contribution in [2.24, 2.45) is 0 Å². The monoisotopic (exact) mass is 485 g/mol. The van der Waals surface area contributed by atoms with Gasteiger partial charge in [0.1, 0.15) is 5.75 Å². The Morgan fingerprint density at radius 2 is 1.69 bits per heavy atom. The third-order valence-corrected chi connectivity index (χ3v) is 8.20. The number of piperazine rings is 1. The Kier molecular flexibility index (Phi) is 6.05. The predicted molar refractivity (Wildman–Crippen MR) is 146 cm³/mol. The highest BCUT2D eigenvalue weighted by molar-refractivity contribution is 5.74. The van der Waals surface area contributed by atoms with E-state index in [1.807, 2.05) is 18.2 Å². The topological polar surface area (TPSA) is 93.8 Å². The van der Waals surface area contributed by atoms with Crippen molar-refractivity contribution < 1.29 is 5.11 Å². The average molecular weight is 486 g/mol. The largest absolute Gasteiger partial charge is 0.507 e. The summed E-state index contributed by atoms with van der Waals surface area (Å²) in [6.45, 7) is 3.97.